The van der Waals surface area contributed by atoms with Gasteiger partial charge >= 0.3 is 0 Å². The number of sulfonamides is 1. The number of benzene rings is 2. The number of nitrogens with two attached hydrogens (primary N) is 1. The summed E-state index contributed by atoms with van der Waals surface area (Å²) in [5, 5.41) is 5.84. The first kappa shape index (κ1) is 20.2. The zero-order chi connectivity index (χ0) is 20.5. The van der Waals surface area contributed by atoms with Crippen LogP contribution in [0, 0.1) is 0 Å². The molecule has 2 aromatic carbocycles. The molecule has 1 heterocycles. The van der Waals surface area contributed by atoms with Gasteiger partial charge in [-0.1, -0.05) is 42.8 Å². The van der Waals surface area contributed by atoms with Crippen LogP contribution in [0.2, 0.25) is 5.02 Å². The number of rotatable bonds is 6. The molecule has 28 heavy (non-hydrogen) atoms. The van der Waals surface area contributed by atoms with Crippen LogP contribution in [0.15, 0.2) is 70.5 Å². The summed E-state index contributed by atoms with van der Waals surface area (Å²) in [5.41, 5.74) is 1.75. The predicted molar refractivity (Wildman–Crippen MR) is 111 cm³/mol. The van der Waals surface area contributed by atoms with Crippen LogP contribution in [0.25, 0.3) is 22.5 Å². The third-order valence-corrected chi connectivity index (χ3v) is 5.72. The first-order chi connectivity index (χ1) is 13.3. The summed E-state index contributed by atoms with van der Waals surface area (Å²) < 4.78 is 35.5. The van der Waals surface area contributed by atoms with Crippen molar-refractivity contribution >= 4 is 21.6 Å². The van der Waals surface area contributed by atoms with Gasteiger partial charge in [0.1, 0.15) is 17.3 Å². The standard InChI is InChI=1S/C21H20ClNO4S/c1-4-13(2)19-12-16(15-7-5-6-8-20(15)28(23,24)25)21(27-19)14-9-10-18(26-3)17(22)11-14/h4-13H,1H2,2-3H3,(H2,23,24,25). The van der Waals surface area contributed by atoms with E-state index in [1.807, 2.05) is 13.0 Å². The Morgan fingerprint density at radius 1 is 1.18 bits per heavy atom. The molecule has 0 radical (unpaired) electrons. The molecule has 0 spiro atoms. The maximum atomic E-state index is 12.1. The first-order valence-electron chi connectivity index (χ1n) is 8.48. The average molecular weight is 418 g/mol. The fraction of sp³-hybridized carbons (Fsp3) is 0.143. The highest BCUT2D eigenvalue weighted by Gasteiger charge is 2.23. The van der Waals surface area contributed by atoms with Gasteiger partial charge in [0.05, 0.1) is 17.0 Å². The van der Waals surface area contributed by atoms with Crippen molar-refractivity contribution in [3.63, 3.8) is 0 Å². The van der Waals surface area contributed by atoms with Gasteiger partial charge in [-0.2, -0.15) is 0 Å². The van der Waals surface area contributed by atoms with Gasteiger partial charge in [0.15, 0.2) is 0 Å². The monoisotopic (exact) mass is 417 g/mol. The molecule has 1 unspecified atom stereocenters. The lowest BCUT2D eigenvalue weighted by molar-refractivity contribution is 0.415. The second-order valence-electron chi connectivity index (χ2n) is 6.31. The summed E-state index contributed by atoms with van der Waals surface area (Å²) >= 11 is 6.28. The van der Waals surface area contributed by atoms with E-state index in [0.29, 0.717) is 39.0 Å². The molecule has 1 aromatic heterocycles. The van der Waals surface area contributed by atoms with Crippen molar-refractivity contribution in [3.05, 3.63) is 72.0 Å². The molecule has 0 aliphatic heterocycles. The first-order valence-corrected chi connectivity index (χ1v) is 10.4. The summed E-state index contributed by atoms with van der Waals surface area (Å²) in [6, 6.07) is 13.6. The minimum atomic E-state index is -3.92. The Morgan fingerprint density at radius 2 is 1.89 bits per heavy atom. The summed E-state index contributed by atoms with van der Waals surface area (Å²) in [5.74, 6) is 1.60. The van der Waals surface area contributed by atoms with Crippen LogP contribution < -0.4 is 9.88 Å². The van der Waals surface area contributed by atoms with Crippen LogP contribution in [-0.2, 0) is 10.0 Å². The molecule has 2 N–H and O–H groups in total. The third kappa shape index (κ3) is 3.85. The van der Waals surface area contributed by atoms with E-state index in [0.717, 1.165) is 0 Å². The topological polar surface area (TPSA) is 82.5 Å². The maximum Gasteiger partial charge on any atom is 0.238 e. The van der Waals surface area contributed by atoms with Crippen molar-refractivity contribution in [2.24, 2.45) is 5.14 Å². The maximum absolute atomic E-state index is 12.1. The highest BCUT2D eigenvalue weighted by molar-refractivity contribution is 7.89. The summed E-state index contributed by atoms with van der Waals surface area (Å²) in [6.45, 7) is 5.74. The van der Waals surface area contributed by atoms with E-state index < -0.39 is 10.0 Å². The van der Waals surface area contributed by atoms with E-state index in [1.165, 1.54) is 13.2 Å². The van der Waals surface area contributed by atoms with Crippen LogP contribution in [0.4, 0.5) is 0 Å². The Bertz CT molecular complexity index is 1140. The summed E-state index contributed by atoms with van der Waals surface area (Å²) in [7, 11) is -2.39. The lowest BCUT2D eigenvalue weighted by Crippen LogP contribution is -2.13. The Hall–Kier alpha value is -2.54. The molecule has 0 aliphatic carbocycles. The van der Waals surface area contributed by atoms with E-state index in [1.54, 1.807) is 42.5 Å². The minimum absolute atomic E-state index is 0.0227. The number of hydrogen-bond donors (Lipinski definition) is 1. The molecule has 0 amide bonds. The average Bonchev–Trinajstić information content (AvgIpc) is 3.12. The van der Waals surface area contributed by atoms with Crippen molar-refractivity contribution in [3.8, 4) is 28.2 Å². The highest BCUT2D eigenvalue weighted by atomic mass is 35.5. The van der Waals surface area contributed by atoms with Crippen LogP contribution in [0.3, 0.4) is 0 Å². The molecule has 146 valence electrons. The quantitative estimate of drug-likeness (QED) is 0.558. The van der Waals surface area contributed by atoms with Crippen molar-refractivity contribution in [1.82, 2.24) is 0 Å². The zero-order valence-corrected chi connectivity index (χ0v) is 17.0. The number of halogens is 1. The number of primary sulfonamides is 1. The molecule has 1 atom stereocenters. The van der Waals surface area contributed by atoms with E-state index in [4.69, 9.17) is 25.9 Å². The van der Waals surface area contributed by atoms with Crippen LogP contribution in [0.1, 0.15) is 18.6 Å². The lowest BCUT2D eigenvalue weighted by atomic mass is 10.0. The molecule has 0 fully saturated rings. The Labute approximate surface area is 169 Å². The number of ether oxygens (including phenoxy) is 1. The minimum Gasteiger partial charge on any atom is -0.495 e. The van der Waals surface area contributed by atoms with E-state index >= 15 is 0 Å². The third-order valence-electron chi connectivity index (χ3n) is 4.45. The molecule has 0 bridgehead atoms. The molecule has 7 heteroatoms. The van der Waals surface area contributed by atoms with Gasteiger partial charge in [0.2, 0.25) is 10.0 Å². The number of furan rings is 1. The van der Waals surface area contributed by atoms with Gasteiger partial charge in [0, 0.05) is 22.6 Å². The molecule has 0 saturated heterocycles. The highest BCUT2D eigenvalue weighted by Crippen LogP contribution is 2.41. The van der Waals surface area contributed by atoms with Gasteiger partial charge in [-0.05, 0) is 30.3 Å². The normalized spacial score (nSPS) is 12.6. The molecular formula is C21H20ClNO4S. The Morgan fingerprint density at radius 3 is 2.50 bits per heavy atom. The SMILES string of the molecule is C=CC(C)c1cc(-c2ccccc2S(N)(=O)=O)c(-c2ccc(OC)c(Cl)c2)o1. The summed E-state index contributed by atoms with van der Waals surface area (Å²) in [6.07, 6.45) is 1.75. The molecule has 3 rings (SSSR count). The van der Waals surface area contributed by atoms with Crippen molar-refractivity contribution in [2.45, 2.75) is 17.7 Å². The predicted octanol–water partition coefficient (Wildman–Crippen LogP) is 5.21. The number of allylic oxidation sites excluding steroid dienone is 1. The van der Waals surface area contributed by atoms with Gasteiger partial charge in [-0.25, -0.2) is 13.6 Å². The fourth-order valence-electron chi connectivity index (χ4n) is 2.91. The smallest absolute Gasteiger partial charge is 0.238 e. The summed E-state index contributed by atoms with van der Waals surface area (Å²) in [4.78, 5) is 0.0227. The van der Waals surface area contributed by atoms with Crippen molar-refractivity contribution in [1.29, 1.82) is 0 Å². The molecular weight excluding hydrogens is 398 g/mol. The van der Waals surface area contributed by atoms with Gasteiger partial charge < -0.3 is 9.15 Å². The van der Waals surface area contributed by atoms with Crippen LogP contribution in [-0.4, -0.2) is 15.5 Å². The van der Waals surface area contributed by atoms with Crippen LogP contribution >= 0.6 is 11.6 Å². The largest absolute Gasteiger partial charge is 0.495 e. The lowest BCUT2D eigenvalue weighted by Gasteiger charge is -2.09. The second kappa shape index (κ2) is 7.83. The molecule has 0 saturated carbocycles. The van der Waals surface area contributed by atoms with E-state index in [2.05, 4.69) is 6.58 Å². The molecule has 3 aromatic rings. The zero-order valence-electron chi connectivity index (χ0n) is 15.5. The van der Waals surface area contributed by atoms with Crippen LogP contribution in [0.5, 0.6) is 5.75 Å². The van der Waals surface area contributed by atoms with E-state index in [9.17, 15) is 8.42 Å². The second-order valence-corrected chi connectivity index (χ2v) is 8.24. The Kier molecular flexibility index (Phi) is 5.65. The molecule has 5 nitrogen and oxygen atoms in total. The molecule has 0 aliphatic rings. The van der Waals surface area contributed by atoms with Crippen molar-refractivity contribution < 1.29 is 17.6 Å². The number of methoxy groups -OCH3 is 1. The Balaban J connectivity index is 2.29. The van der Waals surface area contributed by atoms with Gasteiger partial charge in [0.25, 0.3) is 0 Å². The fourth-order valence-corrected chi connectivity index (χ4v) is 3.92. The van der Waals surface area contributed by atoms with Gasteiger partial charge in [-0.15, -0.1) is 6.58 Å². The number of hydrogen-bond acceptors (Lipinski definition) is 4. The van der Waals surface area contributed by atoms with Crippen molar-refractivity contribution in [2.75, 3.05) is 7.11 Å². The van der Waals surface area contributed by atoms with Gasteiger partial charge in [-0.3, -0.25) is 0 Å². The van der Waals surface area contributed by atoms with E-state index in [-0.39, 0.29) is 10.8 Å².